The molecular formula is C11H19ClN2O3S2. The van der Waals surface area contributed by atoms with Crippen molar-refractivity contribution in [3.05, 3.63) is 11.4 Å². The first-order valence-corrected chi connectivity index (χ1v) is 8.31. The summed E-state index contributed by atoms with van der Waals surface area (Å²) in [5, 5.41) is 4.99. The van der Waals surface area contributed by atoms with Gasteiger partial charge in [0.1, 0.15) is 5.75 Å². The molecule has 0 saturated carbocycles. The van der Waals surface area contributed by atoms with Gasteiger partial charge in [0.15, 0.2) is 4.21 Å². The Morgan fingerprint density at radius 3 is 3.00 bits per heavy atom. The van der Waals surface area contributed by atoms with Crippen LogP contribution in [0.4, 0.5) is 0 Å². The summed E-state index contributed by atoms with van der Waals surface area (Å²) in [7, 11) is -1.95. The number of hydrogen-bond donors (Lipinski definition) is 2. The van der Waals surface area contributed by atoms with Crippen LogP contribution in [0.5, 0.6) is 5.75 Å². The van der Waals surface area contributed by atoms with Crippen molar-refractivity contribution in [2.24, 2.45) is 5.92 Å². The first kappa shape index (κ1) is 16.7. The molecule has 1 aromatic heterocycles. The standard InChI is InChI=1S/C11H18N2O3S2.ClH/c1-16-10-4-7-17-11(10)18(14,15)13-6-3-9-2-5-12-8-9;/h4,7,9,12-13H,2-3,5-6,8H2,1H3;1H. The van der Waals surface area contributed by atoms with E-state index in [0.29, 0.717) is 18.2 Å². The van der Waals surface area contributed by atoms with Gasteiger partial charge in [-0.2, -0.15) is 0 Å². The molecule has 1 aliphatic heterocycles. The molecule has 1 aromatic rings. The zero-order chi connectivity index (χ0) is 13.0. The maximum atomic E-state index is 12.1. The Kier molecular flexibility index (Phi) is 6.55. The number of methoxy groups -OCH3 is 1. The van der Waals surface area contributed by atoms with Crippen molar-refractivity contribution in [2.75, 3.05) is 26.7 Å². The van der Waals surface area contributed by atoms with E-state index in [1.54, 1.807) is 11.4 Å². The highest BCUT2D eigenvalue weighted by atomic mass is 35.5. The molecule has 0 aliphatic carbocycles. The maximum Gasteiger partial charge on any atom is 0.253 e. The van der Waals surface area contributed by atoms with Crippen LogP contribution in [0.25, 0.3) is 0 Å². The Morgan fingerprint density at radius 2 is 2.37 bits per heavy atom. The summed E-state index contributed by atoms with van der Waals surface area (Å²) in [6.45, 7) is 2.51. The SMILES string of the molecule is COc1ccsc1S(=O)(=O)NCCC1CCNC1.Cl. The van der Waals surface area contributed by atoms with Crippen LogP contribution in [-0.2, 0) is 10.0 Å². The second-order valence-electron chi connectivity index (χ2n) is 4.32. The molecule has 1 atom stereocenters. The molecule has 0 bridgehead atoms. The molecule has 0 aromatic carbocycles. The fourth-order valence-electron chi connectivity index (χ4n) is 2.05. The van der Waals surface area contributed by atoms with Crippen molar-refractivity contribution >= 4 is 33.8 Å². The second-order valence-corrected chi connectivity index (χ2v) is 7.20. The third kappa shape index (κ3) is 4.32. The minimum atomic E-state index is -3.43. The van der Waals surface area contributed by atoms with E-state index in [4.69, 9.17) is 4.74 Å². The molecule has 2 heterocycles. The molecule has 0 radical (unpaired) electrons. The van der Waals surface area contributed by atoms with Gasteiger partial charge in [-0.05, 0) is 43.3 Å². The average Bonchev–Trinajstić information content (AvgIpc) is 2.99. The van der Waals surface area contributed by atoms with Crippen LogP contribution in [0.1, 0.15) is 12.8 Å². The number of rotatable bonds is 6. The summed E-state index contributed by atoms with van der Waals surface area (Å²) < 4.78 is 32.0. The van der Waals surface area contributed by atoms with Crippen LogP contribution in [0.3, 0.4) is 0 Å². The number of hydrogen-bond acceptors (Lipinski definition) is 5. The second kappa shape index (κ2) is 7.44. The van der Waals surface area contributed by atoms with Gasteiger partial charge in [0.2, 0.25) is 0 Å². The van der Waals surface area contributed by atoms with Crippen LogP contribution >= 0.6 is 23.7 Å². The van der Waals surface area contributed by atoms with Gasteiger partial charge in [-0.3, -0.25) is 0 Å². The minimum absolute atomic E-state index is 0. The first-order valence-electron chi connectivity index (χ1n) is 5.95. The maximum absolute atomic E-state index is 12.1. The Bertz CT molecular complexity index is 484. The molecule has 5 nitrogen and oxygen atoms in total. The normalized spacial score (nSPS) is 19.1. The molecular weight excluding hydrogens is 308 g/mol. The topological polar surface area (TPSA) is 67.4 Å². The Labute approximate surface area is 124 Å². The molecule has 1 unspecified atom stereocenters. The number of sulfonamides is 1. The van der Waals surface area contributed by atoms with E-state index in [1.165, 1.54) is 18.4 Å². The molecule has 0 spiro atoms. The molecule has 1 fully saturated rings. The molecule has 8 heteroatoms. The van der Waals surface area contributed by atoms with E-state index in [-0.39, 0.29) is 16.6 Å². The van der Waals surface area contributed by atoms with Crippen LogP contribution in [-0.4, -0.2) is 35.2 Å². The van der Waals surface area contributed by atoms with Crippen molar-refractivity contribution in [2.45, 2.75) is 17.1 Å². The van der Waals surface area contributed by atoms with Crippen molar-refractivity contribution in [3.8, 4) is 5.75 Å². The number of ether oxygens (including phenoxy) is 1. The van der Waals surface area contributed by atoms with E-state index in [2.05, 4.69) is 10.0 Å². The zero-order valence-electron chi connectivity index (χ0n) is 10.7. The van der Waals surface area contributed by atoms with Gasteiger partial charge >= 0.3 is 0 Å². The number of halogens is 1. The third-order valence-electron chi connectivity index (χ3n) is 3.07. The van der Waals surface area contributed by atoms with Gasteiger partial charge in [0.25, 0.3) is 10.0 Å². The number of nitrogens with one attached hydrogen (secondary N) is 2. The summed E-state index contributed by atoms with van der Waals surface area (Å²) in [4.78, 5) is 0. The van der Waals surface area contributed by atoms with Crippen molar-refractivity contribution < 1.29 is 13.2 Å². The smallest absolute Gasteiger partial charge is 0.253 e. The largest absolute Gasteiger partial charge is 0.494 e. The molecule has 110 valence electrons. The predicted octanol–water partition coefficient (Wildman–Crippen LogP) is 1.46. The highest BCUT2D eigenvalue weighted by molar-refractivity contribution is 7.91. The monoisotopic (exact) mass is 326 g/mol. The van der Waals surface area contributed by atoms with E-state index in [9.17, 15) is 8.42 Å². The summed E-state index contributed by atoms with van der Waals surface area (Å²) in [5.74, 6) is 0.993. The summed E-state index contributed by atoms with van der Waals surface area (Å²) >= 11 is 1.18. The molecule has 2 rings (SSSR count). The van der Waals surface area contributed by atoms with Crippen LogP contribution < -0.4 is 14.8 Å². The summed E-state index contributed by atoms with van der Waals surface area (Å²) in [5.41, 5.74) is 0. The lowest BCUT2D eigenvalue weighted by atomic mass is 10.1. The summed E-state index contributed by atoms with van der Waals surface area (Å²) in [6.07, 6.45) is 2.00. The lowest BCUT2D eigenvalue weighted by Gasteiger charge is -2.09. The average molecular weight is 327 g/mol. The first-order chi connectivity index (χ1) is 8.63. The fraction of sp³-hybridized carbons (Fsp3) is 0.636. The Hall–Kier alpha value is -0.340. The molecule has 2 N–H and O–H groups in total. The van der Waals surface area contributed by atoms with E-state index >= 15 is 0 Å². The Morgan fingerprint density at radius 1 is 1.58 bits per heavy atom. The van der Waals surface area contributed by atoms with Gasteiger partial charge in [-0.15, -0.1) is 23.7 Å². The lowest BCUT2D eigenvalue weighted by Crippen LogP contribution is -2.26. The van der Waals surface area contributed by atoms with Gasteiger partial charge in [-0.25, -0.2) is 13.1 Å². The van der Waals surface area contributed by atoms with E-state index < -0.39 is 10.0 Å². The Balaban J connectivity index is 0.00000180. The summed E-state index contributed by atoms with van der Waals surface area (Å²) in [6, 6.07) is 1.67. The fourth-order valence-corrected chi connectivity index (χ4v) is 4.42. The van der Waals surface area contributed by atoms with Crippen molar-refractivity contribution in [1.82, 2.24) is 10.0 Å². The van der Waals surface area contributed by atoms with Crippen LogP contribution in [0, 0.1) is 5.92 Å². The highest BCUT2D eigenvalue weighted by Crippen LogP contribution is 2.29. The number of thiophene rings is 1. The van der Waals surface area contributed by atoms with Gasteiger partial charge in [-0.1, -0.05) is 0 Å². The molecule has 1 aliphatic rings. The quantitative estimate of drug-likeness (QED) is 0.830. The third-order valence-corrected chi connectivity index (χ3v) is 5.97. The zero-order valence-corrected chi connectivity index (χ0v) is 13.2. The molecule has 0 amide bonds. The van der Waals surface area contributed by atoms with Crippen molar-refractivity contribution in [3.63, 3.8) is 0 Å². The van der Waals surface area contributed by atoms with Crippen LogP contribution in [0.2, 0.25) is 0 Å². The predicted molar refractivity (Wildman–Crippen MR) is 78.9 cm³/mol. The molecule has 1 saturated heterocycles. The van der Waals surface area contributed by atoms with Gasteiger partial charge in [0.05, 0.1) is 7.11 Å². The highest BCUT2D eigenvalue weighted by Gasteiger charge is 2.21. The minimum Gasteiger partial charge on any atom is -0.494 e. The molecule has 19 heavy (non-hydrogen) atoms. The van der Waals surface area contributed by atoms with E-state index in [0.717, 1.165) is 25.9 Å². The van der Waals surface area contributed by atoms with E-state index in [1.807, 2.05) is 0 Å². The van der Waals surface area contributed by atoms with Crippen LogP contribution in [0.15, 0.2) is 15.7 Å². The van der Waals surface area contributed by atoms with Gasteiger partial charge < -0.3 is 10.1 Å². The van der Waals surface area contributed by atoms with Crippen molar-refractivity contribution in [1.29, 1.82) is 0 Å². The lowest BCUT2D eigenvalue weighted by molar-refractivity contribution is 0.406. The van der Waals surface area contributed by atoms with Gasteiger partial charge in [0, 0.05) is 6.54 Å².